The predicted octanol–water partition coefficient (Wildman–Crippen LogP) is 4.81. The molecule has 1 saturated heterocycles. The topological polar surface area (TPSA) is 24.5 Å². The fourth-order valence-electron chi connectivity index (χ4n) is 2.83. The second-order valence-corrected chi connectivity index (χ2v) is 6.18. The fourth-order valence-corrected chi connectivity index (χ4v) is 3.13. The van der Waals surface area contributed by atoms with Crippen LogP contribution in [0.1, 0.15) is 11.1 Å². The van der Waals surface area contributed by atoms with E-state index in [2.05, 4.69) is 10.2 Å². The third kappa shape index (κ3) is 4.38. The number of rotatable bonds is 4. The van der Waals surface area contributed by atoms with Crippen molar-refractivity contribution in [2.45, 2.75) is 12.7 Å². The van der Waals surface area contributed by atoms with Gasteiger partial charge in [-0.25, -0.2) is 0 Å². The molecule has 25 heavy (non-hydrogen) atoms. The predicted molar refractivity (Wildman–Crippen MR) is 93.3 cm³/mol. The first-order valence-corrected chi connectivity index (χ1v) is 8.34. The Labute approximate surface area is 149 Å². The Bertz CT molecular complexity index is 731. The number of halogens is 4. The van der Waals surface area contributed by atoms with Gasteiger partial charge in [-0.1, -0.05) is 29.8 Å². The van der Waals surface area contributed by atoms with Gasteiger partial charge in [-0.05, 0) is 29.8 Å². The Kier molecular flexibility index (Phi) is 5.39. The molecule has 0 unspecified atom stereocenters. The van der Waals surface area contributed by atoms with Crippen molar-refractivity contribution in [3.8, 4) is 0 Å². The molecule has 0 aromatic heterocycles. The van der Waals surface area contributed by atoms with E-state index < -0.39 is 11.7 Å². The summed E-state index contributed by atoms with van der Waals surface area (Å²) in [4.78, 5) is 2.13. The molecule has 0 saturated carbocycles. The average Bonchev–Trinajstić information content (AvgIpc) is 2.60. The molecule has 0 radical (unpaired) electrons. The largest absolute Gasteiger partial charge is 0.416 e. The van der Waals surface area contributed by atoms with Crippen LogP contribution in [0.25, 0.3) is 0 Å². The Morgan fingerprint density at radius 3 is 2.48 bits per heavy atom. The van der Waals surface area contributed by atoms with Gasteiger partial charge in [0.2, 0.25) is 0 Å². The van der Waals surface area contributed by atoms with Crippen LogP contribution in [0.15, 0.2) is 42.5 Å². The minimum absolute atomic E-state index is 0.0723. The van der Waals surface area contributed by atoms with E-state index in [1.54, 1.807) is 12.1 Å². The van der Waals surface area contributed by atoms with E-state index in [0.29, 0.717) is 23.9 Å². The van der Waals surface area contributed by atoms with Crippen molar-refractivity contribution in [1.29, 1.82) is 0 Å². The van der Waals surface area contributed by atoms with Gasteiger partial charge >= 0.3 is 6.18 Å². The van der Waals surface area contributed by atoms with Crippen molar-refractivity contribution >= 4 is 23.0 Å². The lowest BCUT2D eigenvalue weighted by molar-refractivity contribution is -0.138. The molecule has 0 bridgehead atoms. The summed E-state index contributed by atoms with van der Waals surface area (Å²) in [6.45, 7) is 2.93. The number of nitrogens with zero attached hydrogens (tertiary/aromatic N) is 1. The quantitative estimate of drug-likeness (QED) is 0.836. The maximum atomic E-state index is 13.0. The van der Waals surface area contributed by atoms with Crippen LogP contribution in [-0.2, 0) is 17.5 Å². The molecule has 0 amide bonds. The molecule has 0 aliphatic carbocycles. The highest BCUT2D eigenvalue weighted by Crippen LogP contribution is 2.33. The Hall–Kier alpha value is -1.92. The summed E-state index contributed by atoms with van der Waals surface area (Å²) in [5.41, 5.74) is 1.16. The molecule has 1 fully saturated rings. The number of anilines is 2. The number of hydrogen-bond acceptors (Lipinski definition) is 3. The summed E-state index contributed by atoms with van der Waals surface area (Å²) in [6, 6.07) is 11.0. The molecule has 1 heterocycles. The van der Waals surface area contributed by atoms with Crippen molar-refractivity contribution in [3.05, 3.63) is 58.6 Å². The lowest BCUT2D eigenvalue weighted by atomic mass is 10.1. The molecule has 0 spiro atoms. The van der Waals surface area contributed by atoms with E-state index in [9.17, 15) is 13.2 Å². The van der Waals surface area contributed by atoms with Gasteiger partial charge in [0.1, 0.15) is 0 Å². The van der Waals surface area contributed by atoms with E-state index in [1.807, 2.05) is 12.1 Å². The Balaban J connectivity index is 1.71. The monoisotopic (exact) mass is 370 g/mol. The second kappa shape index (κ2) is 7.54. The van der Waals surface area contributed by atoms with Gasteiger partial charge in [0.25, 0.3) is 0 Å². The summed E-state index contributed by atoms with van der Waals surface area (Å²) in [7, 11) is 0. The smallest absolute Gasteiger partial charge is 0.381 e. The summed E-state index contributed by atoms with van der Waals surface area (Å²) in [5.74, 6) is 0. The molecular weight excluding hydrogens is 353 g/mol. The SMILES string of the molecule is FC(F)(F)c1ccccc1CNc1ccc(N2CCOCC2)c(Cl)c1. The summed E-state index contributed by atoms with van der Waals surface area (Å²) in [6.07, 6.45) is -4.36. The molecule has 0 atom stereocenters. The highest BCUT2D eigenvalue weighted by molar-refractivity contribution is 6.33. The first kappa shape index (κ1) is 17.9. The molecule has 7 heteroatoms. The number of hydrogen-bond donors (Lipinski definition) is 1. The molecule has 3 nitrogen and oxygen atoms in total. The van der Waals surface area contributed by atoms with Gasteiger partial charge in [0, 0.05) is 25.3 Å². The number of morpholine rings is 1. The highest BCUT2D eigenvalue weighted by Gasteiger charge is 2.32. The zero-order valence-corrected chi connectivity index (χ0v) is 14.2. The van der Waals surface area contributed by atoms with Crippen LogP contribution < -0.4 is 10.2 Å². The van der Waals surface area contributed by atoms with Crippen LogP contribution in [-0.4, -0.2) is 26.3 Å². The lowest BCUT2D eigenvalue weighted by Crippen LogP contribution is -2.36. The first-order chi connectivity index (χ1) is 11.9. The molecular formula is C18H18ClF3N2O. The van der Waals surface area contributed by atoms with Crippen LogP contribution in [0.2, 0.25) is 5.02 Å². The fraction of sp³-hybridized carbons (Fsp3) is 0.333. The van der Waals surface area contributed by atoms with E-state index in [-0.39, 0.29) is 12.1 Å². The van der Waals surface area contributed by atoms with Crippen molar-refractivity contribution in [1.82, 2.24) is 0 Å². The molecule has 3 rings (SSSR count). The van der Waals surface area contributed by atoms with Gasteiger partial charge in [-0.3, -0.25) is 0 Å². The van der Waals surface area contributed by atoms with Gasteiger partial charge in [0.05, 0.1) is 29.5 Å². The van der Waals surface area contributed by atoms with Crippen molar-refractivity contribution < 1.29 is 17.9 Å². The molecule has 2 aromatic rings. The average molecular weight is 371 g/mol. The lowest BCUT2D eigenvalue weighted by Gasteiger charge is -2.29. The molecule has 1 aliphatic heterocycles. The minimum Gasteiger partial charge on any atom is -0.381 e. The van der Waals surface area contributed by atoms with Gasteiger partial charge in [-0.15, -0.1) is 0 Å². The van der Waals surface area contributed by atoms with Crippen LogP contribution in [0, 0.1) is 0 Å². The molecule has 2 aromatic carbocycles. The Morgan fingerprint density at radius 2 is 1.80 bits per heavy atom. The van der Waals surface area contributed by atoms with Crippen LogP contribution in [0.5, 0.6) is 0 Å². The maximum absolute atomic E-state index is 13.0. The standard InChI is InChI=1S/C18H18ClF3N2O/c19-16-11-14(5-6-17(16)24-7-9-25-10-8-24)23-12-13-3-1-2-4-15(13)18(20,21)22/h1-6,11,23H,7-10,12H2. The van der Waals surface area contributed by atoms with E-state index >= 15 is 0 Å². The molecule has 1 aliphatic rings. The normalized spacial score (nSPS) is 15.3. The van der Waals surface area contributed by atoms with Crippen molar-refractivity contribution in [2.75, 3.05) is 36.5 Å². The van der Waals surface area contributed by atoms with Crippen molar-refractivity contribution in [3.63, 3.8) is 0 Å². The molecule has 1 N–H and O–H groups in total. The van der Waals surface area contributed by atoms with Crippen molar-refractivity contribution in [2.24, 2.45) is 0 Å². The zero-order valence-electron chi connectivity index (χ0n) is 13.4. The summed E-state index contributed by atoms with van der Waals surface area (Å²) in [5, 5.41) is 3.58. The first-order valence-electron chi connectivity index (χ1n) is 7.96. The minimum atomic E-state index is -4.36. The van der Waals surface area contributed by atoms with Gasteiger partial charge in [0.15, 0.2) is 0 Å². The van der Waals surface area contributed by atoms with E-state index in [1.165, 1.54) is 12.1 Å². The third-order valence-corrected chi connectivity index (χ3v) is 4.41. The Morgan fingerprint density at radius 1 is 1.08 bits per heavy atom. The number of benzene rings is 2. The van der Waals surface area contributed by atoms with Crippen LogP contribution >= 0.6 is 11.6 Å². The van der Waals surface area contributed by atoms with E-state index in [4.69, 9.17) is 16.3 Å². The number of nitrogens with one attached hydrogen (secondary N) is 1. The second-order valence-electron chi connectivity index (χ2n) is 5.77. The molecule has 134 valence electrons. The van der Waals surface area contributed by atoms with E-state index in [0.717, 1.165) is 24.8 Å². The summed E-state index contributed by atoms with van der Waals surface area (Å²) >= 11 is 6.35. The highest BCUT2D eigenvalue weighted by atomic mass is 35.5. The number of ether oxygens (including phenoxy) is 1. The van der Waals surface area contributed by atoms with Gasteiger partial charge < -0.3 is 15.0 Å². The zero-order chi connectivity index (χ0) is 17.9. The third-order valence-electron chi connectivity index (χ3n) is 4.11. The van der Waals surface area contributed by atoms with Crippen LogP contribution in [0.3, 0.4) is 0 Å². The van der Waals surface area contributed by atoms with Gasteiger partial charge in [-0.2, -0.15) is 13.2 Å². The van der Waals surface area contributed by atoms with Crippen LogP contribution in [0.4, 0.5) is 24.5 Å². The maximum Gasteiger partial charge on any atom is 0.416 e. The summed E-state index contributed by atoms with van der Waals surface area (Å²) < 4.78 is 44.4. The number of alkyl halides is 3.